The van der Waals surface area contributed by atoms with Crippen molar-refractivity contribution in [1.29, 1.82) is 0 Å². The van der Waals surface area contributed by atoms with Gasteiger partial charge in [0.05, 0.1) is 6.61 Å². The topological polar surface area (TPSA) is 42.1 Å². The number of ether oxygens (including phenoxy) is 1. The van der Waals surface area contributed by atoms with Crippen molar-refractivity contribution < 1.29 is 9.53 Å². The Bertz CT molecular complexity index is 540. The second-order valence-electron chi connectivity index (χ2n) is 4.40. The summed E-state index contributed by atoms with van der Waals surface area (Å²) in [6.07, 6.45) is 0. The number of hydrogen-bond acceptors (Lipinski definition) is 2. The highest BCUT2D eigenvalue weighted by molar-refractivity contribution is 5.94. The summed E-state index contributed by atoms with van der Waals surface area (Å²) < 4.78 is 4.96. The Morgan fingerprint density at radius 2 is 2.12 bits per heavy atom. The number of H-pyrrole nitrogens is 1. The van der Waals surface area contributed by atoms with Gasteiger partial charge >= 0.3 is 5.97 Å². The molecule has 0 aliphatic rings. The molecule has 2 aromatic rings. The van der Waals surface area contributed by atoms with Crippen molar-refractivity contribution >= 4 is 16.9 Å². The number of hydrogen-bond donors (Lipinski definition) is 1. The molecule has 1 aromatic heterocycles. The van der Waals surface area contributed by atoms with E-state index >= 15 is 0 Å². The second-order valence-corrected chi connectivity index (χ2v) is 4.40. The van der Waals surface area contributed by atoms with Crippen LogP contribution in [0.25, 0.3) is 10.9 Å². The number of rotatable bonds is 3. The molecule has 0 spiro atoms. The normalized spacial score (nSPS) is 11.1. The average Bonchev–Trinajstić information content (AvgIpc) is 2.71. The lowest BCUT2D eigenvalue weighted by Crippen LogP contribution is -2.04. The Morgan fingerprint density at radius 1 is 1.35 bits per heavy atom. The quantitative estimate of drug-likeness (QED) is 0.822. The molecule has 0 fully saturated rings. The van der Waals surface area contributed by atoms with Crippen molar-refractivity contribution in [2.75, 3.05) is 6.61 Å². The van der Waals surface area contributed by atoms with Crippen LogP contribution >= 0.6 is 0 Å². The minimum Gasteiger partial charge on any atom is -0.461 e. The highest BCUT2D eigenvalue weighted by atomic mass is 16.5. The lowest BCUT2D eigenvalue weighted by molar-refractivity contribution is 0.0520. The van der Waals surface area contributed by atoms with Gasteiger partial charge in [0.25, 0.3) is 0 Å². The van der Waals surface area contributed by atoms with Gasteiger partial charge in [-0.1, -0.05) is 26.0 Å². The van der Waals surface area contributed by atoms with E-state index in [2.05, 4.69) is 31.0 Å². The van der Waals surface area contributed by atoms with Crippen LogP contribution in [-0.2, 0) is 4.74 Å². The fourth-order valence-corrected chi connectivity index (χ4v) is 1.82. The zero-order chi connectivity index (χ0) is 12.4. The molecule has 0 aliphatic carbocycles. The van der Waals surface area contributed by atoms with E-state index in [0.29, 0.717) is 18.2 Å². The maximum absolute atomic E-state index is 11.6. The summed E-state index contributed by atoms with van der Waals surface area (Å²) in [6, 6.07) is 8.04. The molecular formula is C14H17NO2. The fraction of sp³-hybridized carbons (Fsp3) is 0.357. The van der Waals surface area contributed by atoms with Crippen LogP contribution in [0.15, 0.2) is 24.3 Å². The minimum atomic E-state index is -0.296. The standard InChI is InChI=1S/C14H17NO2/c1-4-17-14(16)13-8-11-6-5-10(9(2)3)7-12(11)15-13/h5-9,15H,4H2,1-3H3. The first-order chi connectivity index (χ1) is 8.11. The number of nitrogens with one attached hydrogen (secondary N) is 1. The summed E-state index contributed by atoms with van der Waals surface area (Å²) in [7, 11) is 0. The summed E-state index contributed by atoms with van der Waals surface area (Å²) in [6.45, 7) is 6.50. The van der Waals surface area contributed by atoms with Gasteiger partial charge in [0.15, 0.2) is 0 Å². The van der Waals surface area contributed by atoms with Gasteiger partial charge in [0.2, 0.25) is 0 Å². The molecule has 0 aliphatic heterocycles. The molecular weight excluding hydrogens is 214 g/mol. The van der Waals surface area contributed by atoms with E-state index in [-0.39, 0.29) is 5.97 Å². The Hall–Kier alpha value is -1.77. The first-order valence-electron chi connectivity index (χ1n) is 5.91. The molecule has 1 heterocycles. The fourth-order valence-electron chi connectivity index (χ4n) is 1.82. The van der Waals surface area contributed by atoms with Crippen molar-refractivity contribution in [2.45, 2.75) is 26.7 Å². The van der Waals surface area contributed by atoms with E-state index < -0.39 is 0 Å². The van der Waals surface area contributed by atoms with Crippen molar-refractivity contribution in [3.8, 4) is 0 Å². The van der Waals surface area contributed by atoms with E-state index in [0.717, 1.165) is 10.9 Å². The first-order valence-corrected chi connectivity index (χ1v) is 5.91. The third kappa shape index (κ3) is 2.33. The van der Waals surface area contributed by atoms with Crippen LogP contribution in [0.5, 0.6) is 0 Å². The molecule has 1 N–H and O–H groups in total. The highest BCUT2D eigenvalue weighted by Gasteiger charge is 2.10. The molecule has 3 heteroatoms. The summed E-state index contributed by atoms with van der Waals surface area (Å²) >= 11 is 0. The van der Waals surface area contributed by atoms with Gasteiger partial charge in [0, 0.05) is 10.9 Å². The molecule has 0 bridgehead atoms. The second kappa shape index (κ2) is 4.62. The number of carbonyl (C=O) groups excluding carboxylic acids is 1. The van der Waals surface area contributed by atoms with Gasteiger partial charge < -0.3 is 9.72 Å². The number of benzene rings is 1. The Balaban J connectivity index is 2.40. The summed E-state index contributed by atoms with van der Waals surface area (Å²) in [5, 5.41) is 1.04. The van der Waals surface area contributed by atoms with Crippen LogP contribution in [0.1, 0.15) is 42.7 Å². The predicted octanol–water partition coefficient (Wildman–Crippen LogP) is 3.47. The predicted molar refractivity (Wildman–Crippen MR) is 68.3 cm³/mol. The molecule has 0 saturated heterocycles. The monoisotopic (exact) mass is 231 g/mol. The molecule has 0 amide bonds. The minimum absolute atomic E-state index is 0.296. The van der Waals surface area contributed by atoms with Crippen LogP contribution in [-0.4, -0.2) is 17.6 Å². The van der Waals surface area contributed by atoms with Crippen molar-refractivity contribution in [2.24, 2.45) is 0 Å². The molecule has 1 aromatic carbocycles. The zero-order valence-electron chi connectivity index (χ0n) is 10.4. The molecule has 0 unspecified atom stereocenters. The van der Waals surface area contributed by atoms with Crippen molar-refractivity contribution in [3.05, 3.63) is 35.5 Å². The number of esters is 1. The number of carbonyl (C=O) groups is 1. The molecule has 17 heavy (non-hydrogen) atoms. The number of aromatic nitrogens is 1. The van der Waals surface area contributed by atoms with Crippen molar-refractivity contribution in [1.82, 2.24) is 4.98 Å². The van der Waals surface area contributed by atoms with Crippen LogP contribution in [0.4, 0.5) is 0 Å². The van der Waals surface area contributed by atoms with Gasteiger partial charge in [-0.05, 0) is 30.5 Å². The average molecular weight is 231 g/mol. The van der Waals surface area contributed by atoms with E-state index in [4.69, 9.17) is 4.74 Å². The lowest BCUT2D eigenvalue weighted by atomic mass is 10.0. The molecule has 0 saturated carbocycles. The van der Waals surface area contributed by atoms with Crippen LogP contribution in [0, 0.1) is 0 Å². The molecule has 0 radical (unpaired) electrons. The molecule has 90 valence electrons. The summed E-state index contributed by atoms with van der Waals surface area (Å²) in [5.41, 5.74) is 2.76. The molecule has 3 nitrogen and oxygen atoms in total. The number of fused-ring (bicyclic) bond motifs is 1. The first kappa shape index (κ1) is 11.7. The smallest absolute Gasteiger partial charge is 0.354 e. The van der Waals surface area contributed by atoms with E-state index in [1.807, 2.05) is 12.1 Å². The Kier molecular flexibility index (Phi) is 3.18. The van der Waals surface area contributed by atoms with Gasteiger partial charge in [-0.2, -0.15) is 0 Å². The van der Waals surface area contributed by atoms with Gasteiger partial charge in [-0.25, -0.2) is 4.79 Å². The summed E-state index contributed by atoms with van der Waals surface area (Å²) in [5.74, 6) is 0.184. The third-order valence-electron chi connectivity index (χ3n) is 2.81. The van der Waals surface area contributed by atoms with Gasteiger partial charge in [-0.15, -0.1) is 0 Å². The third-order valence-corrected chi connectivity index (χ3v) is 2.81. The van der Waals surface area contributed by atoms with Crippen LogP contribution in [0.2, 0.25) is 0 Å². The molecule has 2 rings (SSSR count). The van der Waals surface area contributed by atoms with E-state index in [1.54, 1.807) is 6.92 Å². The Labute approximate surface area is 101 Å². The highest BCUT2D eigenvalue weighted by Crippen LogP contribution is 2.22. The van der Waals surface area contributed by atoms with E-state index in [9.17, 15) is 4.79 Å². The van der Waals surface area contributed by atoms with Crippen LogP contribution in [0.3, 0.4) is 0 Å². The zero-order valence-corrected chi connectivity index (χ0v) is 10.4. The summed E-state index contributed by atoms with van der Waals surface area (Å²) in [4.78, 5) is 14.7. The lowest BCUT2D eigenvalue weighted by Gasteiger charge is -2.04. The molecule has 0 atom stereocenters. The SMILES string of the molecule is CCOC(=O)c1cc2ccc(C(C)C)cc2[nH]1. The van der Waals surface area contributed by atoms with Gasteiger partial charge in [-0.3, -0.25) is 0 Å². The maximum Gasteiger partial charge on any atom is 0.354 e. The van der Waals surface area contributed by atoms with E-state index in [1.165, 1.54) is 5.56 Å². The van der Waals surface area contributed by atoms with Crippen LogP contribution < -0.4 is 0 Å². The Morgan fingerprint density at radius 3 is 2.76 bits per heavy atom. The van der Waals surface area contributed by atoms with Gasteiger partial charge in [0.1, 0.15) is 5.69 Å². The van der Waals surface area contributed by atoms with Crippen molar-refractivity contribution in [3.63, 3.8) is 0 Å². The maximum atomic E-state index is 11.6. The number of aromatic amines is 1. The largest absolute Gasteiger partial charge is 0.461 e.